The zero-order valence-electron chi connectivity index (χ0n) is 15.1. The molecule has 0 aromatic rings. The molecule has 1 aliphatic heterocycles. The van der Waals surface area contributed by atoms with Gasteiger partial charge in [0.25, 0.3) is 0 Å². The van der Waals surface area contributed by atoms with Crippen LogP contribution in [0.5, 0.6) is 0 Å². The molecule has 1 amide bonds. The van der Waals surface area contributed by atoms with Crippen LogP contribution in [-0.4, -0.2) is 56.5 Å². The summed E-state index contributed by atoms with van der Waals surface area (Å²) in [6.45, 7) is 15.4. The molecular formula is C16H32NO4Si. The summed E-state index contributed by atoms with van der Waals surface area (Å²) in [5.74, 6) is 0.0565. The molecule has 5 nitrogen and oxygen atoms in total. The predicted octanol–water partition coefficient (Wildman–Crippen LogP) is 3.04. The van der Waals surface area contributed by atoms with Crippen LogP contribution in [0.15, 0.2) is 0 Å². The van der Waals surface area contributed by atoms with Crippen LogP contribution >= 0.6 is 0 Å². The van der Waals surface area contributed by atoms with Gasteiger partial charge in [-0.2, -0.15) is 0 Å². The van der Waals surface area contributed by atoms with Crippen LogP contribution in [0.3, 0.4) is 0 Å². The van der Waals surface area contributed by atoms with Gasteiger partial charge in [0, 0.05) is 25.6 Å². The molecule has 2 unspecified atom stereocenters. The van der Waals surface area contributed by atoms with Crippen LogP contribution in [0.2, 0.25) is 11.6 Å². The van der Waals surface area contributed by atoms with Gasteiger partial charge in [0.15, 0.2) is 0 Å². The average Bonchev–Trinajstić information content (AvgIpc) is 2.35. The lowest BCUT2D eigenvalue weighted by atomic mass is 9.97. The van der Waals surface area contributed by atoms with Gasteiger partial charge in [-0.3, -0.25) is 0 Å². The highest BCUT2D eigenvalue weighted by Gasteiger charge is 2.35. The fraction of sp³-hybridized carbons (Fsp3) is 0.938. The molecular weight excluding hydrogens is 298 g/mol. The van der Waals surface area contributed by atoms with E-state index in [1.807, 2.05) is 20.8 Å². The molecule has 0 saturated carbocycles. The molecule has 0 spiro atoms. The van der Waals surface area contributed by atoms with Crippen LogP contribution in [0.25, 0.3) is 0 Å². The number of hydrogen-bond acceptors (Lipinski definition) is 4. The molecule has 1 N–H and O–H groups in total. The highest BCUT2D eigenvalue weighted by molar-refractivity contribution is 6.53. The van der Waals surface area contributed by atoms with Gasteiger partial charge in [0.1, 0.15) is 5.60 Å². The summed E-state index contributed by atoms with van der Waals surface area (Å²) in [5, 5.41) is 9.66. The SMILES string of the molecule is C[Si](OC1CC(CO)CN(C(=O)OC(C)(C)C)C1)C(C)(C)C. The second-order valence-electron chi connectivity index (χ2n) is 8.22. The maximum Gasteiger partial charge on any atom is 0.410 e. The topological polar surface area (TPSA) is 59.0 Å². The Morgan fingerprint density at radius 3 is 2.27 bits per heavy atom. The lowest BCUT2D eigenvalue weighted by molar-refractivity contribution is -0.00971. The molecule has 6 heteroatoms. The Morgan fingerprint density at radius 1 is 1.23 bits per heavy atom. The molecule has 0 bridgehead atoms. The van der Waals surface area contributed by atoms with Crippen molar-refractivity contribution in [2.45, 2.75) is 71.3 Å². The van der Waals surface area contributed by atoms with Gasteiger partial charge in [-0.25, -0.2) is 4.79 Å². The molecule has 129 valence electrons. The Morgan fingerprint density at radius 2 is 1.82 bits per heavy atom. The third-order valence-corrected chi connectivity index (χ3v) is 6.61. The van der Waals surface area contributed by atoms with Crippen LogP contribution < -0.4 is 0 Å². The quantitative estimate of drug-likeness (QED) is 0.808. The molecule has 1 heterocycles. The second-order valence-corrected chi connectivity index (χ2v) is 11.1. The van der Waals surface area contributed by atoms with Crippen LogP contribution in [-0.2, 0) is 9.16 Å². The fourth-order valence-corrected chi connectivity index (χ4v) is 3.30. The van der Waals surface area contributed by atoms with E-state index >= 15 is 0 Å². The normalized spacial score (nSPS) is 23.8. The first kappa shape index (κ1) is 19.5. The molecule has 1 radical (unpaired) electrons. The van der Waals surface area contributed by atoms with Crippen molar-refractivity contribution in [2.75, 3.05) is 19.7 Å². The number of rotatable bonds is 3. The lowest BCUT2D eigenvalue weighted by Crippen LogP contribution is -2.51. The first-order chi connectivity index (χ1) is 9.92. The van der Waals surface area contributed by atoms with E-state index in [0.717, 1.165) is 6.42 Å². The summed E-state index contributed by atoms with van der Waals surface area (Å²) >= 11 is 0. The average molecular weight is 331 g/mol. The fourth-order valence-electron chi connectivity index (χ4n) is 2.27. The number of piperidine rings is 1. The number of carbonyl (C=O) groups excluding carboxylic acids is 1. The van der Waals surface area contributed by atoms with Gasteiger partial charge >= 0.3 is 6.09 Å². The number of carbonyl (C=O) groups is 1. The van der Waals surface area contributed by atoms with Crippen molar-refractivity contribution in [1.29, 1.82) is 0 Å². The monoisotopic (exact) mass is 330 g/mol. The summed E-state index contributed by atoms with van der Waals surface area (Å²) in [6, 6.07) is 0. The van der Waals surface area contributed by atoms with Crippen molar-refractivity contribution in [1.82, 2.24) is 4.90 Å². The molecule has 0 aromatic heterocycles. The van der Waals surface area contributed by atoms with Crippen molar-refractivity contribution in [2.24, 2.45) is 5.92 Å². The maximum absolute atomic E-state index is 12.3. The Hall–Kier alpha value is -0.593. The summed E-state index contributed by atoms with van der Waals surface area (Å²) in [7, 11) is -0.979. The highest BCUT2D eigenvalue weighted by atomic mass is 28.3. The van der Waals surface area contributed by atoms with Gasteiger partial charge in [0.05, 0.1) is 6.10 Å². The van der Waals surface area contributed by atoms with Gasteiger partial charge in [-0.05, 0) is 38.8 Å². The smallest absolute Gasteiger partial charge is 0.410 e. The predicted molar refractivity (Wildman–Crippen MR) is 89.2 cm³/mol. The number of aliphatic hydroxyl groups is 1. The van der Waals surface area contributed by atoms with E-state index in [-0.39, 0.29) is 29.8 Å². The number of nitrogens with zero attached hydrogens (tertiary/aromatic N) is 1. The first-order valence-electron chi connectivity index (χ1n) is 8.02. The Kier molecular flexibility index (Phi) is 6.47. The van der Waals surface area contributed by atoms with Crippen molar-refractivity contribution in [3.05, 3.63) is 0 Å². The van der Waals surface area contributed by atoms with Gasteiger partial charge in [0.2, 0.25) is 9.04 Å². The molecule has 1 saturated heterocycles. The molecule has 1 aliphatic rings. The number of ether oxygens (including phenoxy) is 1. The van der Waals surface area contributed by atoms with E-state index in [9.17, 15) is 9.90 Å². The Bertz CT molecular complexity index is 375. The van der Waals surface area contributed by atoms with Gasteiger partial charge in [-0.15, -0.1) is 0 Å². The van der Waals surface area contributed by atoms with E-state index in [1.54, 1.807) is 4.90 Å². The van der Waals surface area contributed by atoms with E-state index in [0.29, 0.717) is 13.1 Å². The second kappa shape index (κ2) is 7.32. The minimum absolute atomic E-state index is 0.0171. The molecule has 2 atom stereocenters. The zero-order valence-corrected chi connectivity index (χ0v) is 16.1. The van der Waals surface area contributed by atoms with Crippen LogP contribution in [0, 0.1) is 5.92 Å². The van der Waals surface area contributed by atoms with Crippen molar-refractivity contribution in [3.8, 4) is 0 Å². The first-order valence-corrected chi connectivity index (χ1v) is 9.92. The van der Waals surface area contributed by atoms with Crippen molar-refractivity contribution in [3.63, 3.8) is 0 Å². The number of likely N-dealkylation sites (tertiary alicyclic amines) is 1. The minimum atomic E-state index is -0.979. The van der Waals surface area contributed by atoms with Crippen molar-refractivity contribution < 1.29 is 19.1 Å². The summed E-state index contributed by atoms with van der Waals surface area (Å²) in [6.07, 6.45) is 0.463. The standard InChI is InChI=1S/C16H32NO4Si/c1-15(2,3)20-14(19)17-9-12(11-18)8-13(10-17)21-22(7)16(4,5)6/h12-13,18H,8-11H2,1-7H3. The van der Waals surface area contributed by atoms with E-state index < -0.39 is 14.6 Å². The van der Waals surface area contributed by atoms with Crippen LogP contribution in [0.1, 0.15) is 48.0 Å². The third kappa shape index (κ3) is 6.26. The number of hydrogen-bond donors (Lipinski definition) is 1. The summed E-state index contributed by atoms with van der Waals surface area (Å²) in [5.41, 5.74) is -0.509. The molecule has 0 aromatic carbocycles. The Labute approximate surface area is 136 Å². The number of amides is 1. The highest BCUT2D eigenvalue weighted by Crippen LogP contribution is 2.30. The number of aliphatic hydroxyl groups excluding tert-OH is 1. The van der Waals surface area contributed by atoms with E-state index in [4.69, 9.17) is 9.16 Å². The Balaban J connectivity index is 2.71. The van der Waals surface area contributed by atoms with Crippen molar-refractivity contribution >= 4 is 15.1 Å². The molecule has 22 heavy (non-hydrogen) atoms. The van der Waals surface area contributed by atoms with E-state index in [1.165, 1.54) is 0 Å². The minimum Gasteiger partial charge on any atom is -0.444 e. The largest absolute Gasteiger partial charge is 0.444 e. The maximum atomic E-state index is 12.3. The third-order valence-electron chi connectivity index (χ3n) is 3.81. The van der Waals surface area contributed by atoms with Gasteiger partial charge in [-0.1, -0.05) is 20.8 Å². The lowest BCUT2D eigenvalue weighted by Gasteiger charge is -2.40. The van der Waals surface area contributed by atoms with E-state index in [2.05, 4.69) is 27.3 Å². The summed E-state index contributed by atoms with van der Waals surface area (Å²) < 4.78 is 11.7. The molecule has 0 aliphatic carbocycles. The molecule has 1 rings (SSSR count). The van der Waals surface area contributed by atoms with Crippen LogP contribution in [0.4, 0.5) is 4.79 Å². The zero-order chi connectivity index (χ0) is 17.1. The summed E-state index contributed by atoms with van der Waals surface area (Å²) in [4.78, 5) is 14.0. The molecule has 1 fully saturated rings. The van der Waals surface area contributed by atoms with Gasteiger partial charge < -0.3 is 19.2 Å².